The summed E-state index contributed by atoms with van der Waals surface area (Å²) >= 11 is 0. The molecule has 0 unspecified atom stereocenters. The van der Waals surface area contributed by atoms with Crippen LogP contribution in [0, 0.1) is 11.3 Å². The molecule has 0 amide bonds. The van der Waals surface area contributed by atoms with Gasteiger partial charge in [-0.05, 0) is 53.8 Å². The molecular formula is C24H25N2O+. The fourth-order valence-corrected chi connectivity index (χ4v) is 3.95. The summed E-state index contributed by atoms with van der Waals surface area (Å²) in [6.45, 7) is 4.03. The normalized spacial score (nSPS) is 14.8. The monoisotopic (exact) mass is 357 g/mol. The second-order valence-electron chi connectivity index (χ2n) is 7.35. The standard InChI is InChI=1S/C24H24N2O/c25-16-19-8-10-20(11-9-19)18-27-24-13-12-21-6-2-3-7-22(21)23(24)17-26-14-4-1-5-15-26/h2-3,6-13H,1,4-5,14-15,17-18H2/p+1. The number of nitriles is 1. The number of likely N-dealkylation sites (tertiary alicyclic amines) is 1. The summed E-state index contributed by atoms with van der Waals surface area (Å²) in [5.41, 5.74) is 3.08. The van der Waals surface area contributed by atoms with E-state index < -0.39 is 0 Å². The van der Waals surface area contributed by atoms with Crippen molar-refractivity contribution in [1.29, 1.82) is 5.26 Å². The minimum Gasteiger partial charge on any atom is -0.488 e. The van der Waals surface area contributed by atoms with Gasteiger partial charge < -0.3 is 9.64 Å². The number of nitrogens with zero attached hydrogens (tertiary/aromatic N) is 1. The lowest BCUT2D eigenvalue weighted by molar-refractivity contribution is -0.918. The number of nitrogens with one attached hydrogen (secondary N) is 1. The third kappa shape index (κ3) is 4.13. The maximum Gasteiger partial charge on any atom is 0.129 e. The lowest BCUT2D eigenvalue weighted by atomic mass is 10.0. The molecule has 0 aromatic heterocycles. The van der Waals surface area contributed by atoms with Crippen LogP contribution >= 0.6 is 0 Å². The summed E-state index contributed by atoms with van der Waals surface area (Å²) in [4.78, 5) is 1.65. The van der Waals surface area contributed by atoms with Crippen LogP contribution in [0.5, 0.6) is 5.75 Å². The van der Waals surface area contributed by atoms with E-state index in [1.165, 1.54) is 48.7 Å². The summed E-state index contributed by atoms with van der Waals surface area (Å²) in [7, 11) is 0. The maximum atomic E-state index is 8.95. The summed E-state index contributed by atoms with van der Waals surface area (Å²) in [5, 5.41) is 11.5. The van der Waals surface area contributed by atoms with Gasteiger partial charge in [0.05, 0.1) is 30.3 Å². The second-order valence-corrected chi connectivity index (χ2v) is 7.35. The number of benzene rings is 3. The lowest BCUT2D eigenvalue weighted by Crippen LogP contribution is -3.11. The molecule has 0 atom stereocenters. The van der Waals surface area contributed by atoms with Gasteiger partial charge in [0.1, 0.15) is 18.9 Å². The van der Waals surface area contributed by atoms with Gasteiger partial charge in [0.25, 0.3) is 0 Å². The molecule has 1 N–H and O–H groups in total. The average Bonchev–Trinajstić information content (AvgIpc) is 2.74. The van der Waals surface area contributed by atoms with Crippen molar-refractivity contribution >= 4 is 10.8 Å². The molecule has 0 spiro atoms. The summed E-state index contributed by atoms with van der Waals surface area (Å²) in [6, 6.07) is 22.6. The van der Waals surface area contributed by atoms with Crippen molar-refractivity contribution in [1.82, 2.24) is 0 Å². The van der Waals surface area contributed by atoms with Gasteiger partial charge in [-0.1, -0.05) is 42.5 Å². The van der Waals surface area contributed by atoms with Gasteiger partial charge in [0, 0.05) is 0 Å². The number of piperidine rings is 1. The summed E-state index contributed by atoms with van der Waals surface area (Å²) < 4.78 is 6.25. The van der Waals surface area contributed by atoms with Gasteiger partial charge >= 0.3 is 0 Å². The Kier molecular flexibility index (Phi) is 5.37. The minimum atomic E-state index is 0.520. The van der Waals surface area contributed by atoms with Crippen molar-refractivity contribution in [3.05, 3.63) is 77.4 Å². The van der Waals surface area contributed by atoms with Crippen LogP contribution in [0.15, 0.2) is 60.7 Å². The van der Waals surface area contributed by atoms with Crippen molar-refractivity contribution < 1.29 is 9.64 Å². The van der Waals surface area contributed by atoms with Crippen molar-refractivity contribution in [3.63, 3.8) is 0 Å². The molecule has 1 fully saturated rings. The highest BCUT2D eigenvalue weighted by molar-refractivity contribution is 5.87. The first kappa shape index (κ1) is 17.6. The molecule has 1 aliphatic heterocycles. The summed E-state index contributed by atoms with van der Waals surface area (Å²) in [5.74, 6) is 0.983. The van der Waals surface area contributed by atoms with Gasteiger partial charge in [-0.25, -0.2) is 0 Å². The van der Waals surface area contributed by atoms with E-state index in [9.17, 15) is 0 Å². The Morgan fingerprint density at radius 3 is 2.44 bits per heavy atom. The molecule has 3 heteroatoms. The van der Waals surface area contributed by atoms with Gasteiger partial charge in [0.2, 0.25) is 0 Å². The quantitative estimate of drug-likeness (QED) is 0.753. The van der Waals surface area contributed by atoms with Crippen molar-refractivity contribution in [2.75, 3.05) is 13.1 Å². The largest absolute Gasteiger partial charge is 0.488 e. The average molecular weight is 357 g/mol. The van der Waals surface area contributed by atoms with E-state index in [0.29, 0.717) is 12.2 Å². The van der Waals surface area contributed by atoms with E-state index in [0.717, 1.165) is 17.9 Å². The number of hydrogen-bond acceptors (Lipinski definition) is 2. The first-order valence-corrected chi connectivity index (χ1v) is 9.79. The number of ether oxygens (including phenoxy) is 1. The topological polar surface area (TPSA) is 37.5 Å². The smallest absolute Gasteiger partial charge is 0.129 e. The first-order valence-electron chi connectivity index (χ1n) is 9.79. The molecule has 1 aliphatic rings. The zero-order valence-corrected chi connectivity index (χ0v) is 15.6. The van der Waals surface area contributed by atoms with Crippen LogP contribution in [0.3, 0.4) is 0 Å². The lowest BCUT2D eigenvalue weighted by Gasteiger charge is -2.25. The van der Waals surface area contributed by atoms with E-state index in [2.05, 4.69) is 42.5 Å². The molecule has 1 heterocycles. The molecule has 4 rings (SSSR count). The molecule has 0 aliphatic carbocycles. The third-order valence-electron chi connectivity index (χ3n) is 5.46. The van der Waals surface area contributed by atoms with Crippen LogP contribution in [-0.2, 0) is 13.2 Å². The molecule has 0 saturated carbocycles. The van der Waals surface area contributed by atoms with E-state index >= 15 is 0 Å². The Hall–Kier alpha value is -2.83. The molecule has 3 nitrogen and oxygen atoms in total. The molecular weight excluding hydrogens is 332 g/mol. The number of hydrogen-bond donors (Lipinski definition) is 1. The Balaban J connectivity index is 1.60. The molecule has 1 saturated heterocycles. The third-order valence-corrected chi connectivity index (χ3v) is 5.46. The van der Waals surface area contributed by atoms with Crippen LogP contribution in [-0.4, -0.2) is 13.1 Å². The molecule has 27 heavy (non-hydrogen) atoms. The Morgan fingerprint density at radius 2 is 1.67 bits per heavy atom. The van der Waals surface area contributed by atoms with E-state index in [-0.39, 0.29) is 0 Å². The van der Waals surface area contributed by atoms with E-state index in [1.807, 2.05) is 24.3 Å². The van der Waals surface area contributed by atoms with Crippen LogP contribution in [0.4, 0.5) is 0 Å². The molecule has 0 bridgehead atoms. The predicted octanol–water partition coefficient (Wildman–Crippen LogP) is 3.86. The van der Waals surface area contributed by atoms with Crippen LogP contribution in [0.25, 0.3) is 10.8 Å². The fourth-order valence-electron chi connectivity index (χ4n) is 3.95. The molecule has 3 aromatic carbocycles. The highest BCUT2D eigenvalue weighted by atomic mass is 16.5. The molecule has 0 radical (unpaired) electrons. The number of fused-ring (bicyclic) bond motifs is 1. The van der Waals surface area contributed by atoms with Gasteiger partial charge in [-0.15, -0.1) is 0 Å². The van der Waals surface area contributed by atoms with E-state index in [4.69, 9.17) is 10.00 Å². The predicted molar refractivity (Wildman–Crippen MR) is 108 cm³/mol. The second kappa shape index (κ2) is 8.24. The van der Waals surface area contributed by atoms with Crippen LogP contribution in [0.2, 0.25) is 0 Å². The zero-order valence-electron chi connectivity index (χ0n) is 15.6. The van der Waals surface area contributed by atoms with Crippen molar-refractivity contribution in [2.45, 2.75) is 32.4 Å². The van der Waals surface area contributed by atoms with Crippen molar-refractivity contribution in [3.8, 4) is 11.8 Å². The SMILES string of the molecule is N#Cc1ccc(COc2ccc3ccccc3c2C[NH+]2CCCCC2)cc1. The van der Waals surface area contributed by atoms with Gasteiger partial charge in [-0.3, -0.25) is 0 Å². The van der Waals surface area contributed by atoms with Crippen LogP contribution in [0.1, 0.15) is 36.0 Å². The number of quaternary nitrogens is 1. The maximum absolute atomic E-state index is 8.95. The summed E-state index contributed by atoms with van der Waals surface area (Å²) in [6.07, 6.45) is 4.00. The molecule has 3 aromatic rings. The Labute approximate surface area is 160 Å². The molecule has 136 valence electrons. The highest BCUT2D eigenvalue weighted by Crippen LogP contribution is 2.28. The van der Waals surface area contributed by atoms with Gasteiger partial charge in [-0.2, -0.15) is 5.26 Å². The Bertz CT molecular complexity index is 950. The zero-order chi connectivity index (χ0) is 18.5. The first-order chi connectivity index (χ1) is 13.3. The van der Waals surface area contributed by atoms with E-state index in [1.54, 1.807) is 4.90 Å². The fraction of sp³-hybridized carbons (Fsp3) is 0.292. The van der Waals surface area contributed by atoms with Gasteiger partial charge in [0.15, 0.2) is 0 Å². The van der Waals surface area contributed by atoms with Crippen molar-refractivity contribution in [2.24, 2.45) is 0 Å². The Morgan fingerprint density at radius 1 is 0.889 bits per heavy atom. The highest BCUT2D eigenvalue weighted by Gasteiger charge is 2.18. The minimum absolute atomic E-state index is 0.520. The van der Waals surface area contributed by atoms with Crippen LogP contribution < -0.4 is 9.64 Å². The number of rotatable bonds is 5.